The van der Waals surface area contributed by atoms with Crippen LogP contribution in [0.4, 0.5) is 0 Å². The summed E-state index contributed by atoms with van der Waals surface area (Å²) in [6.07, 6.45) is 0.797. The second kappa shape index (κ2) is 10.9. The fraction of sp³-hybridized carbons (Fsp3) is 0.267. The molecule has 0 unspecified atom stereocenters. The van der Waals surface area contributed by atoms with Crippen molar-refractivity contribution in [2.24, 2.45) is 0 Å². The van der Waals surface area contributed by atoms with Crippen LogP contribution in [0.5, 0.6) is 0 Å². The molecular weight excluding hydrogens is 460 g/mol. The van der Waals surface area contributed by atoms with E-state index in [2.05, 4.69) is 88.6 Å². The number of aryl methyl sites for hydroxylation is 2. The van der Waals surface area contributed by atoms with Crippen LogP contribution in [0.2, 0.25) is 0 Å². The number of rotatable bonds is 9. The molecule has 1 N–H and O–H groups in total. The van der Waals surface area contributed by atoms with Crippen LogP contribution in [0.3, 0.4) is 0 Å². The molecule has 2 aromatic heterocycles. The quantitative estimate of drug-likeness (QED) is 0.301. The van der Waals surface area contributed by atoms with Crippen LogP contribution in [-0.2, 0) is 19.6 Å². The SMILES string of the molecule is CC[C@H](c1nnnn1Cc1ccccc1)N(Cc1ccc(C)cc1)Cc1cc2cc(C)ccc2[nH]c1=O. The summed E-state index contributed by atoms with van der Waals surface area (Å²) in [6, 6.07) is 26.8. The van der Waals surface area contributed by atoms with Crippen LogP contribution in [0.15, 0.2) is 83.7 Å². The zero-order valence-corrected chi connectivity index (χ0v) is 21.6. The summed E-state index contributed by atoms with van der Waals surface area (Å²) in [5.74, 6) is 0.798. The third-order valence-electron chi connectivity index (χ3n) is 6.82. The summed E-state index contributed by atoms with van der Waals surface area (Å²) in [7, 11) is 0. The molecule has 0 saturated heterocycles. The summed E-state index contributed by atoms with van der Waals surface area (Å²) in [5, 5.41) is 13.8. The molecule has 0 aliphatic rings. The van der Waals surface area contributed by atoms with E-state index in [0.29, 0.717) is 19.6 Å². The lowest BCUT2D eigenvalue weighted by atomic mass is 10.1. The lowest BCUT2D eigenvalue weighted by molar-refractivity contribution is 0.161. The van der Waals surface area contributed by atoms with E-state index < -0.39 is 0 Å². The van der Waals surface area contributed by atoms with Crippen molar-refractivity contribution in [3.63, 3.8) is 0 Å². The third-order valence-corrected chi connectivity index (χ3v) is 6.82. The van der Waals surface area contributed by atoms with Crippen LogP contribution in [-0.4, -0.2) is 30.1 Å². The van der Waals surface area contributed by atoms with Gasteiger partial charge in [0.05, 0.1) is 12.6 Å². The summed E-state index contributed by atoms with van der Waals surface area (Å²) in [5.41, 5.74) is 6.21. The first kappa shape index (κ1) is 24.6. The van der Waals surface area contributed by atoms with Crippen LogP contribution in [0.1, 0.15) is 53.0 Å². The molecule has 0 bridgehead atoms. The largest absolute Gasteiger partial charge is 0.322 e. The highest BCUT2D eigenvalue weighted by molar-refractivity contribution is 5.79. The molecule has 7 heteroatoms. The highest BCUT2D eigenvalue weighted by Gasteiger charge is 2.26. The zero-order chi connectivity index (χ0) is 25.8. The monoisotopic (exact) mass is 492 g/mol. The second-order valence-corrected chi connectivity index (χ2v) is 9.71. The maximum absolute atomic E-state index is 13.1. The smallest absolute Gasteiger partial charge is 0.252 e. The molecule has 0 aliphatic heterocycles. The van der Waals surface area contributed by atoms with Crippen LogP contribution in [0, 0.1) is 13.8 Å². The predicted molar refractivity (Wildman–Crippen MR) is 146 cm³/mol. The van der Waals surface area contributed by atoms with Crippen molar-refractivity contribution in [3.05, 3.63) is 123 Å². The van der Waals surface area contributed by atoms with Gasteiger partial charge in [-0.15, -0.1) is 5.10 Å². The van der Waals surface area contributed by atoms with E-state index in [1.54, 1.807) is 0 Å². The van der Waals surface area contributed by atoms with E-state index in [1.807, 2.05) is 41.1 Å². The van der Waals surface area contributed by atoms with Gasteiger partial charge in [0.1, 0.15) is 0 Å². The number of H-pyrrole nitrogens is 1. The van der Waals surface area contributed by atoms with Crippen LogP contribution >= 0.6 is 0 Å². The predicted octanol–water partition coefficient (Wildman–Crippen LogP) is 5.33. The molecule has 0 amide bonds. The van der Waals surface area contributed by atoms with Gasteiger partial charge in [0.2, 0.25) is 0 Å². The number of benzene rings is 3. The summed E-state index contributed by atoms with van der Waals surface area (Å²) in [4.78, 5) is 18.5. The third kappa shape index (κ3) is 5.67. The van der Waals surface area contributed by atoms with Gasteiger partial charge in [-0.1, -0.05) is 78.7 Å². The second-order valence-electron chi connectivity index (χ2n) is 9.71. The number of pyridine rings is 1. The molecule has 0 aliphatic carbocycles. The Balaban J connectivity index is 1.52. The first-order valence-corrected chi connectivity index (χ1v) is 12.7. The van der Waals surface area contributed by atoms with Gasteiger partial charge in [-0.05, 0) is 65.4 Å². The molecule has 188 valence electrons. The minimum atomic E-state index is -0.0763. The molecule has 0 fully saturated rings. The molecule has 3 aromatic carbocycles. The number of fused-ring (bicyclic) bond motifs is 1. The van der Waals surface area contributed by atoms with Crippen molar-refractivity contribution in [2.45, 2.75) is 52.9 Å². The topological polar surface area (TPSA) is 79.7 Å². The summed E-state index contributed by atoms with van der Waals surface area (Å²) < 4.78 is 1.87. The molecule has 1 atom stereocenters. The maximum atomic E-state index is 13.1. The minimum absolute atomic E-state index is 0.0658. The van der Waals surface area contributed by atoms with Crippen molar-refractivity contribution in [2.75, 3.05) is 0 Å². The van der Waals surface area contributed by atoms with Gasteiger partial charge in [0.15, 0.2) is 5.82 Å². The van der Waals surface area contributed by atoms with Gasteiger partial charge >= 0.3 is 0 Å². The molecule has 0 spiro atoms. The van der Waals surface area contributed by atoms with Gasteiger partial charge in [0.25, 0.3) is 5.56 Å². The van der Waals surface area contributed by atoms with Crippen LogP contribution in [0.25, 0.3) is 10.9 Å². The zero-order valence-electron chi connectivity index (χ0n) is 21.6. The van der Waals surface area contributed by atoms with E-state index in [-0.39, 0.29) is 11.6 Å². The molecule has 37 heavy (non-hydrogen) atoms. The summed E-state index contributed by atoms with van der Waals surface area (Å²) in [6.45, 7) is 8.03. The molecule has 7 nitrogen and oxygen atoms in total. The van der Waals surface area contributed by atoms with Crippen LogP contribution < -0.4 is 5.56 Å². The number of aromatic amines is 1. The first-order valence-electron chi connectivity index (χ1n) is 12.7. The Bertz CT molecular complexity index is 1540. The van der Waals surface area contributed by atoms with E-state index in [9.17, 15) is 4.79 Å². The number of tetrazole rings is 1. The Hall–Kier alpha value is -4.10. The van der Waals surface area contributed by atoms with E-state index in [1.165, 1.54) is 11.1 Å². The molecular formula is C30H32N6O. The van der Waals surface area contributed by atoms with Gasteiger partial charge < -0.3 is 4.98 Å². The van der Waals surface area contributed by atoms with Gasteiger partial charge in [0, 0.05) is 24.2 Å². The molecule has 5 aromatic rings. The van der Waals surface area contributed by atoms with Crippen molar-refractivity contribution < 1.29 is 0 Å². The number of nitrogens with one attached hydrogen (secondary N) is 1. The number of nitrogens with zero attached hydrogens (tertiary/aromatic N) is 5. The van der Waals surface area contributed by atoms with Gasteiger partial charge in [-0.25, -0.2) is 4.68 Å². The fourth-order valence-electron chi connectivity index (χ4n) is 4.84. The lowest BCUT2D eigenvalue weighted by Crippen LogP contribution is -2.32. The highest BCUT2D eigenvalue weighted by atomic mass is 16.1. The van der Waals surface area contributed by atoms with Crippen molar-refractivity contribution in [1.29, 1.82) is 0 Å². The number of hydrogen-bond donors (Lipinski definition) is 1. The summed E-state index contributed by atoms with van der Waals surface area (Å²) >= 11 is 0. The molecule has 0 radical (unpaired) electrons. The van der Waals surface area contributed by atoms with Crippen molar-refractivity contribution >= 4 is 10.9 Å². The Morgan fingerprint density at radius 1 is 0.892 bits per heavy atom. The van der Waals surface area contributed by atoms with Gasteiger partial charge in [-0.2, -0.15) is 0 Å². The Kier molecular flexibility index (Phi) is 7.23. The first-order chi connectivity index (χ1) is 18.0. The Labute approximate surface area is 216 Å². The van der Waals surface area contributed by atoms with Crippen molar-refractivity contribution in [3.8, 4) is 0 Å². The van der Waals surface area contributed by atoms with E-state index in [4.69, 9.17) is 0 Å². The molecule has 5 rings (SSSR count). The average molecular weight is 493 g/mol. The standard InChI is InChI=1S/C30H32N6O/c1-4-28(29-32-33-34-36(29)19-23-8-6-5-7-9-23)35(18-24-13-10-21(2)11-14-24)20-26-17-25-16-22(3)12-15-27(25)31-30(26)37/h5-17,28H,4,18-20H2,1-3H3,(H,31,37)/t28-/m1/s1. The van der Waals surface area contributed by atoms with Gasteiger partial charge in [-0.3, -0.25) is 9.69 Å². The Morgan fingerprint density at radius 2 is 1.65 bits per heavy atom. The molecule has 0 saturated carbocycles. The average Bonchev–Trinajstić information content (AvgIpc) is 3.34. The lowest BCUT2D eigenvalue weighted by Gasteiger charge is -2.30. The molecule has 2 heterocycles. The fourth-order valence-corrected chi connectivity index (χ4v) is 4.84. The normalized spacial score (nSPS) is 12.3. The number of hydrogen-bond acceptors (Lipinski definition) is 5. The maximum Gasteiger partial charge on any atom is 0.252 e. The van der Waals surface area contributed by atoms with E-state index >= 15 is 0 Å². The van der Waals surface area contributed by atoms with E-state index in [0.717, 1.165) is 39.8 Å². The highest BCUT2D eigenvalue weighted by Crippen LogP contribution is 2.27. The Morgan fingerprint density at radius 3 is 2.41 bits per heavy atom. The minimum Gasteiger partial charge on any atom is -0.322 e. The van der Waals surface area contributed by atoms with Crippen molar-refractivity contribution in [1.82, 2.24) is 30.1 Å². The number of aromatic nitrogens is 5.